The quantitative estimate of drug-likeness (QED) is 0.694. The van der Waals surface area contributed by atoms with E-state index in [1.165, 1.54) is 0 Å². The number of rotatable bonds is 3. The maximum absolute atomic E-state index is 5.94. The number of anilines is 1. The first-order valence-corrected chi connectivity index (χ1v) is 7.31. The number of nitrogens with one attached hydrogen (secondary N) is 1. The first-order valence-electron chi connectivity index (χ1n) is 6.94. The van der Waals surface area contributed by atoms with Crippen LogP contribution < -0.4 is 5.32 Å². The van der Waals surface area contributed by atoms with Crippen molar-refractivity contribution in [1.29, 1.82) is 0 Å². The summed E-state index contributed by atoms with van der Waals surface area (Å²) in [5, 5.41) is 8.06. The molecule has 0 unspecified atom stereocenters. The summed E-state index contributed by atoms with van der Waals surface area (Å²) in [4.78, 5) is 4.09. The van der Waals surface area contributed by atoms with Crippen molar-refractivity contribution >= 4 is 17.3 Å². The summed E-state index contributed by atoms with van der Waals surface area (Å²) in [5.74, 6) is 6.24. The van der Waals surface area contributed by atoms with Crippen LogP contribution >= 0.6 is 11.6 Å². The fourth-order valence-electron chi connectivity index (χ4n) is 1.78. The van der Waals surface area contributed by atoms with Gasteiger partial charge in [-0.25, -0.2) is 4.98 Å². The van der Waals surface area contributed by atoms with Gasteiger partial charge in [-0.3, -0.25) is 4.68 Å². The van der Waals surface area contributed by atoms with E-state index < -0.39 is 0 Å². The molecule has 0 aliphatic heterocycles. The molecular formula is C16H19ClN4. The average molecular weight is 303 g/mol. The predicted molar refractivity (Wildman–Crippen MR) is 86.6 cm³/mol. The van der Waals surface area contributed by atoms with Gasteiger partial charge in [-0.05, 0) is 33.8 Å². The molecule has 0 aliphatic rings. The molecule has 0 aromatic carbocycles. The van der Waals surface area contributed by atoms with E-state index in [-0.39, 0.29) is 0 Å². The van der Waals surface area contributed by atoms with Gasteiger partial charge in [-0.15, -0.1) is 0 Å². The minimum absolute atomic E-state index is 0.299. The highest BCUT2D eigenvalue weighted by Gasteiger charge is 2.04. The molecule has 4 nitrogen and oxygen atoms in total. The zero-order valence-corrected chi connectivity index (χ0v) is 13.4. The molecule has 0 fully saturated rings. The molecule has 0 saturated heterocycles. The fraction of sp³-hybridized carbons (Fsp3) is 0.375. The molecule has 2 rings (SSSR count). The van der Waals surface area contributed by atoms with Gasteiger partial charge in [-0.1, -0.05) is 23.4 Å². The van der Waals surface area contributed by atoms with Gasteiger partial charge in [0.15, 0.2) is 0 Å². The molecule has 2 aromatic heterocycles. The van der Waals surface area contributed by atoms with Crippen LogP contribution in [0.25, 0.3) is 0 Å². The van der Waals surface area contributed by atoms with Crippen molar-refractivity contribution < 1.29 is 0 Å². The standard InChI is InChI=1S/C16H19ClN4/c1-11(2)20-15-7-16(17)18-9-14(15)6-5-13-8-19-21(10-13)12(3)4/h7-12H,1-4H3,(H,18,20). The highest BCUT2D eigenvalue weighted by molar-refractivity contribution is 6.29. The lowest BCUT2D eigenvalue weighted by Crippen LogP contribution is -2.11. The van der Waals surface area contributed by atoms with Crippen LogP contribution in [0.3, 0.4) is 0 Å². The lowest BCUT2D eigenvalue weighted by atomic mass is 10.2. The Kier molecular flexibility index (Phi) is 4.87. The number of aromatic nitrogens is 3. The van der Waals surface area contributed by atoms with Crippen LogP contribution in [-0.4, -0.2) is 20.8 Å². The van der Waals surface area contributed by atoms with Crippen molar-refractivity contribution in [2.24, 2.45) is 0 Å². The molecule has 2 aromatic rings. The zero-order valence-electron chi connectivity index (χ0n) is 12.7. The van der Waals surface area contributed by atoms with Crippen LogP contribution in [0.15, 0.2) is 24.7 Å². The first kappa shape index (κ1) is 15.4. The molecule has 0 spiro atoms. The smallest absolute Gasteiger partial charge is 0.131 e. The summed E-state index contributed by atoms with van der Waals surface area (Å²) in [5.41, 5.74) is 2.60. The van der Waals surface area contributed by atoms with Gasteiger partial charge in [0.05, 0.1) is 23.0 Å². The van der Waals surface area contributed by atoms with Crippen molar-refractivity contribution in [3.63, 3.8) is 0 Å². The summed E-state index contributed by atoms with van der Waals surface area (Å²) < 4.78 is 1.89. The predicted octanol–water partition coefficient (Wildman–Crippen LogP) is 3.73. The normalized spacial score (nSPS) is 10.6. The Balaban J connectivity index is 2.28. The van der Waals surface area contributed by atoms with E-state index in [9.17, 15) is 0 Å². The number of halogens is 1. The molecule has 0 aliphatic carbocycles. The van der Waals surface area contributed by atoms with Crippen molar-refractivity contribution in [3.8, 4) is 11.8 Å². The molecule has 21 heavy (non-hydrogen) atoms. The summed E-state index contributed by atoms with van der Waals surface area (Å²) in [7, 11) is 0. The minimum Gasteiger partial charge on any atom is -0.382 e. The number of hydrogen-bond donors (Lipinski definition) is 1. The van der Waals surface area contributed by atoms with E-state index in [2.05, 4.69) is 54.9 Å². The Morgan fingerprint density at radius 1 is 1.19 bits per heavy atom. The van der Waals surface area contributed by atoms with Crippen LogP contribution in [0.4, 0.5) is 5.69 Å². The van der Waals surface area contributed by atoms with E-state index in [1.54, 1.807) is 18.5 Å². The molecule has 5 heteroatoms. The fourth-order valence-corrected chi connectivity index (χ4v) is 1.94. The van der Waals surface area contributed by atoms with E-state index in [4.69, 9.17) is 11.6 Å². The third-order valence-corrected chi connectivity index (χ3v) is 2.99. The van der Waals surface area contributed by atoms with Crippen LogP contribution in [0.1, 0.15) is 44.9 Å². The summed E-state index contributed by atoms with van der Waals surface area (Å²) >= 11 is 5.94. The molecule has 2 heterocycles. The van der Waals surface area contributed by atoms with Crippen LogP contribution in [0.2, 0.25) is 5.15 Å². The van der Waals surface area contributed by atoms with Gasteiger partial charge in [0.2, 0.25) is 0 Å². The second-order valence-electron chi connectivity index (χ2n) is 5.40. The largest absolute Gasteiger partial charge is 0.382 e. The topological polar surface area (TPSA) is 42.7 Å². The Morgan fingerprint density at radius 3 is 2.57 bits per heavy atom. The highest BCUT2D eigenvalue weighted by Crippen LogP contribution is 2.19. The first-order chi connectivity index (χ1) is 9.95. The van der Waals surface area contributed by atoms with Gasteiger partial charge < -0.3 is 5.32 Å². The monoisotopic (exact) mass is 302 g/mol. The molecule has 0 bridgehead atoms. The minimum atomic E-state index is 0.299. The molecule has 0 radical (unpaired) electrons. The summed E-state index contributed by atoms with van der Waals surface area (Å²) in [6, 6.07) is 2.42. The number of hydrogen-bond acceptors (Lipinski definition) is 3. The molecular weight excluding hydrogens is 284 g/mol. The zero-order chi connectivity index (χ0) is 15.4. The van der Waals surface area contributed by atoms with E-state index in [0.717, 1.165) is 16.8 Å². The maximum atomic E-state index is 5.94. The van der Waals surface area contributed by atoms with E-state index in [0.29, 0.717) is 17.2 Å². The Bertz CT molecular complexity index is 677. The van der Waals surface area contributed by atoms with Gasteiger partial charge in [0.25, 0.3) is 0 Å². The average Bonchev–Trinajstić information content (AvgIpc) is 2.86. The van der Waals surface area contributed by atoms with Gasteiger partial charge in [0.1, 0.15) is 5.15 Å². The number of pyridine rings is 1. The van der Waals surface area contributed by atoms with E-state index >= 15 is 0 Å². The second-order valence-corrected chi connectivity index (χ2v) is 5.79. The van der Waals surface area contributed by atoms with Gasteiger partial charge in [-0.2, -0.15) is 5.10 Å². The third-order valence-electron chi connectivity index (χ3n) is 2.79. The lowest BCUT2D eigenvalue weighted by Gasteiger charge is -2.11. The summed E-state index contributed by atoms with van der Waals surface area (Å²) in [6.07, 6.45) is 5.40. The van der Waals surface area contributed by atoms with Crippen LogP contribution in [-0.2, 0) is 0 Å². The van der Waals surface area contributed by atoms with Gasteiger partial charge >= 0.3 is 0 Å². The van der Waals surface area contributed by atoms with Crippen LogP contribution in [0, 0.1) is 11.8 Å². The highest BCUT2D eigenvalue weighted by atomic mass is 35.5. The number of nitrogens with zero attached hydrogens (tertiary/aromatic N) is 3. The molecule has 0 amide bonds. The van der Waals surface area contributed by atoms with Crippen molar-refractivity contribution in [1.82, 2.24) is 14.8 Å². The third kappa shape index (κ3) is 4.24. The summed E-state index contributed by atoms with van der Waals surface area (Å²) in [6.45, 7) is 8.30. The van der Waals surface area contributed by atoms with Gasteiger partial charge in [0, 0.05) is 24.5 Å². The van der Waals surface area contributed by atoms with Crippen molar-refractivity contribution in [2.75, 3.05) is 5.32 Å². The molecule has 0 atom stereocenters. The van der Waals surface area contributed by atoms with Crippen molar-refractivity contribution in [2.45, 2.75) is 39.8 Å². The van der Waals surface area contributed by atoms with Crippen LogP contribution in [0.5, 0.6) is 0 Å². The van der Waals surface area contributed by atoms with E-state index in [1.807, 2.05) is 10.9 Å². The second kappa shape index (κ2) is 6.64. The maximum Gasteiger partial charge on any atom is 0.131 e. The molecule has 0 saturated carbocycles. The lowest BCUT2D eigenvalue weighted by molar-refractivity contribution is 0.532. The Labute approximate surface area is 130 Å². The SMILES string of the molecule is CC(C)Nc1cc(Cl)ncc1C#Cc1cnn(C(C)C)c1. The molecule has 1 N–H and O–H groups in total. The molecule has 110 valence electrons. The Morgan fingerprint density at radius 2 is 1.95 bits per heavy atom. The van der Waals surface area contributed by atoms with Crippen molar-refractivity contribution in [3.05, 3.63) is 40.9 Å². The Hall–Kier alpha value is -1.99.